The summed E-state index contributed by atoms with van der Waals surface area (Å²) in [5.74, 6) is -1.25. The van der Waals surface area contributed by atoms with Gasteiger partial charge in [0.25, 0.3) is 0 Å². The monoisotopic (exact) mass is 249 g/mol. The SMILES string of the molecule is CCc1ccccc1NC(=O)CC(C)(C)C(=O)O. The van der Waals surface area contributed by atoms with Crippen molar-refractivity contribution in [3.63, 3.8) is 0 Å². The van der Waals surface area contributed by atoms with Crippen LogP contribution in [0.5, 0.6) is 0 Å². The van der Waals surface area contributed by atoms with E-state index in [-0.39, 0.29) is 12.3 Å². The Bertz CT molecular complexity index is 452. The summed E-state index contributed by atoms with van der Waals surface area (Å²) in [6.07, 6.45) is 0.777. The Labute approximate surface area is 107 Å². The first-order chi connectivity index (χ1) is 8.36. The maximum absolute atomic E-state index is 11.8. The lowest BCUT2D eigenvalue weighted by Gasteiger charge is -2.18. The van der Waals surface area contributed by atoms with Crippen LogP contribution in [0.2, 0.25) is 0 Å². The van der Waals surface area contributed by atoms with Gasteiger partial charge in [0.15, 0.2) is 0 Å². The second-order valence-corrected chi connectivity index (χ2v) is 4.92. The number of hydrogen-bond donors (Lipinski definition) is 2. The van der Waals surface area contributed by atoms with Gasteiger partial charge in [0.05, 0.1) is 5.41 Å². The Morgan fingerprint density at radius 2 is 1.89 bits per heavy atom. The molecule has 0 radical (unpaired) electrons. The van der Waals surface area contributed by atoms with Crippen LogP contribution < -0.4 is 5.32 Å². The molecule has 0 atom stereocenters. The lowest BCUT2D eigenvalue weighted by Crippen LogP contribution is -2.29. The van der Waals surface area contributed by atoms with E-state index in [4.69, 9.17) is 5.11 Å². The number of aryl methyl sites for hydroxylation is 1. The van der Waals surface area contributed by atoms with Crippen LogP contribution in [-0.2, 0) is 16.0 Å². The Hall–Kier alpha value is -1.84. The molecular weight excluding hydrogens is 230 g/mol. The molecule has 1 amide bonds. The molecule has 0 bridgehead atoms. The van der Waals surface area contributed by atoms with Crippen molar-refractivity contribution in [1.82, 2.24) is 0 Å². The average Bonchev–Trinajstić information content (AvgIpc) is 2.28. The number of rotatable bonds is 5. The molecule has 0 fully saturated rings. The quantitative estimate of drug-likeness (QED) is 0.843. The number of carboxylic acids is 1. The molecule has 18 heavy (non-hydrogen) atoms. The Morgan fingerprint density at radius 3 is 2.44 bits per heavy atom. The van der Waals surface area contributed by atoms with E-state index in [0.717, 1.165) is 17.7 Å². The molecule has 1 aromatic carbocycles. The molecule has 0 heterocycles. The maximum atomic E-state index is 11.8. The molecule has 1 aromatic rings. The number of carboxylic acid groups (broad SMARTS) is 1. The van der Waals surface area contributed by atoms with Gasteiger partial charge in [0.2, 0.25) is 5.91 Å². The zero-order valence-corrected chi connectivity index (χ0v) is 11.0. The van der Waals surface area contributed by atoms with Crippen molar-refractivity contribution in [3.8, 4) is 0 Å². The number of nitrogens with one attached hydrogen (secondary N) is 1. The number of aliphatic carboxylic acids is 1. The minimum Gasteiger partial charge on any atom is -0.481 e. The average molecular weight is 249 g/mol. The highest BCUT2D eigenvalue weighted by Gasteiger charge is 2.30. The molecular formula is C14H19NO3. The van der Waals surface area contributed by atoms with Crippen LogP contribution in [0, 0.1) is 5.41 Å². The van der Waals surface area contributed by atoms with E-state index in [1.807, 2.05) is 31.2 Å². The third-order valence-electron chi connectivity index (χ3n) is 2.85. The first-order valence-electron chi connectivity index (χ1n) is 5.98. The highest BCUT2D eigenvalue weighted by atomic mass is 16.4. The molecule has 98 valence electrons. The molecule has 1 rings (SSSR count). The van der Waals surface area contributed by atoms with E-state index in [9.17, 15) is 9.59 Å². The lowest BCUT2D eigenvalue weighted by atomic mass is 9.89. The van der Waals surface area contributed by atoms with Gasteiger partial charge in [-0.15, -0.1) is 0 Å². The van der Waals surface area contributed by atoms with Gasteiger partial charge in [0.1, 0.15) is 0 Å². The predicted molar refractivity (Wildman–Crippen MR) is 70.5 cm³/mol. The fraction of sp³-hybridized carbons (Fsp3) is 0.429. The predicted octanol–water partition coefficient (Wildman–Crippen LogP) is 2.69. The number of anilines is 1. The van der Waals surface area contributed by atoms with Crippen LogP contribution in [0.3, 0.4) is 0 Å². The normalized spacial score (nSPS) is 11.1. The van der Waals surface area contributed by atoms with Crippen LogP contribution in [0.15, 0.2) is 24.3 Å². The van der Waals surface area contributed by atoms with Crippen molar-refractivity contribution in [1.29, 1.82) is 0 Å². The molecule has 0 aromatic heterocycles. The Kier molecular flexibility index (Phi) is 4.48. The minimum absolute atomic E-state index is 0.0413. The van der Waals surface area contributed by atoms with E-state index in [1.54, 1.807) is 13.8 Å². The first kappa shape index (κ1) is 14.2. The molecule has 0 unspecified atom stereocenters. The largest absolute Gasteiger partial charge is 0.481 e. The minimum atomic E-state index is -1.05. The molecule has 0 spiro atoms. The zero-order chi connectivity index (χ0) is 13.8. The van der Waals surface area contributed by atoms with E-state index in [1.165, 1.54) is 0 Å². The number of hydrogen-bond acceptors (Lipinski definition) is 2. The van der Waals surface area contributed by atoms with Crippen LogP contribution in [0.25, 0.3) is 0 Å². The Balaban J connectivity index is 2.74. The molecule has 0 aliphatic heterocycles. The van der Waals surface area contributed by atoms with E-state index < -0.39 is 11.4 Å². The van der Waals surface area contributed by atoms with Gasteiger partial charge in [-0.05, 0) is 31.9 Å². The maximum Gasteiger partial charge on any atom is 0.309 e. The third kappa shape index (κ3) is 3.58. The molecule has 0 aliphatic rings. The van der Waals surface area contributed by atoms with Crippen molar-refractivity contribution < 1.29 is 14.7 Å². The van der Waals surface area contributed by atoms with Crippen molar-refractivity contribution >= 4 is 17.6 Å². The third-order valence-corrected chi connectivity index (χ3v) is 2.85. The van der Waals surface area contributed by atoms with Crippen LogP contribution in [-0.4, -0.2) is 17.0 Å². The molecule has 0 aliphatic carbocycles. The van der Waals surface area contributed by atoms with Crippen LogP contribution in [0.1, 0.15) is 32.8 Å². The highest BCUT2D eigenvalue weighted by Crippen LogP contribution is 2.22. The number of amides is 1. The molecule has 4 nitrogen and oxygen atoms in total. The molecule has 0 saturated carbocycles. The Morgan fingerprint density at radius 1 is 1.28 bits per heavy atom. The van der Waals surface area contributed by atoms with E-state index in [2.05, 4.69) is 5.32 Å². The van der Waals surface area contributed by atoms with Gasteiger partial charge in [0, 0.05) is 12.1 Å². The van der Waals surface area contributed by atoms with Crippen LogP contribution in [0.4, 0.5) is 5.69 Å². The number of benzene rings is 1. The van der Waals surface area contributed by atoms with Gasteiger partial charge in [-0.3, -0.25) is 9.59 Å². The number of carbonyl (C=O) groups excluding carboxylic acids is 1. The summed E-state index contributed by atoms with van der Waals surface area (Å²) in [4.78, 5) is 22.8. The molecule has 4 heteroatoms. The molecule has 2 N–H and O–H groups in total. The van der Waals surface area contributed by atoms with Gasteiger partial charge >= 0.3 is 5.97 Å². The summed E-state index contributed by atoms with van der Waals surface area (Å²) < 4.78 is 0. The molecule has 0 saturated heterocycles. The number of para-hydroxylation sites is 1. The summed E-state index contributed by atoms with van der Waals surface area (Å²) in [6.45, 7) is 5.09. The lowest BCUT2D eigenvalue weighted by molar-refractivity contribution is -0.148. The van der Waals surface area contributed by atoms with E-state index in [0.29, 0.717) is 0 Å². The summed E-state index contributed by atoms with van der Waals surface area (Å²) in [7, 11) is 0. The summed E-state index contributed by atoms with van der Waals surface area (Å²) in [6, 6.07) is 7.52. The summed E-state index contributed by atoms with van der Waals surface area (Å²) >= 11 is 0. The van der Waals surface area contributed by atoms with Crippen LogP contribution >= 0.6 is 0 Å². The van der Waals surface area contributed by atoms with Gasteiger partial charge in [-0.1, -0.05) is 25.1 Å². The van der Waals surface area contributed by atoms with Gasteiger partial charge in [-0.25, -0.2) is 0 Å². The number of carbonyl (C=O) groups is 2. The zero-order valence-electron chi connectivity index (χ0n) is 11.0. The summed E-state index contributed by atoms with van der Waals surface area (Å²) in [5, 5.41) is 11.7. The second kappa shape index (κ2) is 5.67. The highest BCUT2D eigenvalue weighted by molar-refractivity contribution is 5.94. The van der Waals surface area contributed by atoms with Crippen molar-refractivity contribution in [3.05, 3.63) is 29.8 Å². The second-order valence-electron chi connectivity index (χ2n) is 4.92. The van der Waals surface area contributed by atoms with E-state index >= 15 is 0 Å². The first-order valence-corrected chi connectivity index (χ1v) is 5.98. The summed E-state index contributed by atoms with van der Waals surface area (Å²) in [5.41, 5.74) is 0.746. The van der Waals surface area contributed by atoms with Crippen molar-refractivity contribution in [2.45, 2.75) is 33.6 Å². The fourth-order valence-electron chi connectivity index (χ4n) is 1.62. The standard InChI is InChI=1S/C14H19NO3/c1-4-10-7-5-6-8-11(10)15-12(16)9-14(2,3)13(17)18/h5-8H,4,9H2,1-3H3,(H,15,16)(H,17,18). The fourth-order valence-corrected chi connectivity index (χ4v) is 1.62. The van der Waals surface area contributed by atoms with Crippen molar-refractivity contribution in [2.75, 3.05) is 5.32 Å². The van der Waals surface area contributed by atoms with Gasteiger partial charge < -0.3 is 10.4 Å². The smallest absolute Gasteiger partial charge is 0.309 e. The topological polar surface area (TPSA) is 66.4 Å². The van der Waals surface area contributed by atoms with Gasteiger partial charge in [-0.2, -0.15) is 0 Å². The van der Waals surface area contributed by atoms with Crippen molar-refractivity contribution in [2.24, 2.45) is 5.41 Å².